The first-order valence-corrected chi connectivity index (χ1v) is 8.07. The number of carbonyl (C=O) groups excluding carboxylic acids is 4. The molecular weight excluding hydrogens is 298 g/mol. The third-order valence-corrected chi connectivity index (χ3v) is 3.61. The van der Waals surface area contributed by atoms with Crippen LogP contribution in [0.3, 0.4) is 0 Å². The molecular formula is C16H29N3O4. The molecule has 0 spiro atoms. The van der Waals surface area contributed by atoms with Crippen molar-refractivity contribution in [3.63, 3.8) is 0 Å². The lowest BCUT2D eigenvalue weighted by atomic mass is 9.92. The number of carbonyl (C=O) groups is 4. The number of Topliss-reactive ketones (excluding diaryl/α,β-unsaturated/α-hetero) is 1. The van der Waals surface area contributed by atoms with E-state index in [-0.39, 0.29) is 42.8 Å². The van der Waals surface area contributed by atoms with E-state index >= 15 is 0 Å². The molecule has 0 aromatic carbocycles. The second-order valence-electron chi connectivity index (χ2n) is 5.68. The molecule has 0 aliphatic carbocycles. The fraction of sp³-hybridized carbons (Fsp3) is 0.750. The maximum Gasteiger partial charge on any atom is 0.224 e. The molecule has 0 heterocycles. The van der Waals surface area contributed by atoms with E-state index in [4.69, 9.17) is 0 Å². The van der Waals surface area contributed by atoms with Crippen LogP contribution in [0.5, 0.6) is 0 Å². The molecule has 2 unspecified atom stereocenters. The van der Waals surface area contributed by atoms with Crippen molar-refractivity contribution >= 4 is 23.5 Å². The summed E-state index contributed by atoms with van der Waals surface area (Å²) in [6.07, 6.45) is 1.79. The largest absolute Gasteiger partial charge is 0.359 e. The molecule has 0 saturated carbocycles. The highest BCUT2D eigenvalue weighted by Crippen LogP contribution is 2.14. The van der Waals surface area contributed by atoms with Crippen LogP contribution in [-0.4, -0.2) is 44.1 Å². The Balaban J connectivity index is 4.67. The SMILES string of the molecule is CCCCNC(=O)C(CC(=O)CC(C)C(=O)NC)CC(=O)NC. The number of nitrogens with one attached hydrogen (secondary N) is 3. The summed E-state index contributed by atoms with van der Waals surface area (Å²) in [5.41, 5.74) is 0. The Bertz CT molecular complexity index is 424. The highest BCUT2D eigenvalue weighted by Gasteiger charge is 2.26. The Labute approximate surface area is 138 Å². The standard InChI is InChI=1S/C16H29N3O4/c1-5-6-7-19-16(23)12(10-14(21)17-3)9-13(20)8-11(2)15(22)18-4/h11-12H,5-10H2,1-4H3,(H,17,21)(H,18,22)(H,19,23). The summed E-state index contributed by atoms with van der Waals surface area (Å²) >= 11 is 0. The second-order valence-corrected chi connectivity index (χ2v) is 5.68. The van der Waals surface area contributed by atoms with E-state index in [1.54, 1.807) is 6.92 Å². The predicted octanol–water partition coefficient (Wildman–Crippen LogP) is 0.386. The molecule has 0 bridgehead atoms. The minimum Gasteiger partial charge on any atom is -0.359 e. The molecule has 2 atom stereocenters. The predicted molar refractivity (Wildman–Crippen MR) is 87.6 cm³/mol. The van der Waals surface area contributed by atoms with Crippen LogP contribution >= 0.6 is 0 Å². The van der Waals surface area contributed by atoms with Gasteiger partial charge in [-0.05, 0) is 6.42 Å². The van der Waals surface area contributed by atoms with Gasteiger partial charge < -0.3 is 16.0 Å². The molecule has 0 aromatic rings. The highest BCUT2D eigenvalue weighted by atomic mass is 16.2. The van der Waals surface area contributed by atoms with E-state index in [9.17, 15) is 19.2 Å². The van der Waals surface area contributed by atoms with Gasteiger partial charge in [0.15, 0.2) is 0 Å². The molecule has 7 nitrogen and oxygen atoms in total. The molecule has 23 heavy (non-hydrogen) atoms. The van der Waals surface area contributed by atoms with Crippen LogP contribution in [0.4, 0.5) is 0 Å². The van der Waals surface area contributed by atoms with Gasteiger partial charge in [-0.2, -0.15) is 0 Å². The van der Waals surface area contributed by atoms with Crippen LogP contribution in [0, 0.1) is 11.8 Å². The lowest BCUT2D eigenvalue weighted by Crippen LogP contribution is -2.36. The summed E-state index contributed by atoms with van der Waals surface area (Å²) < 4.78 is 0. The van der Waals surface area contributed by atoms with E-state index in [1.807, 2.05) is 6.92 Å². The van der Waals surface area contributed by atoms with Gasteiger partial charge in [0.05, 0.1) is 5.92 Å². The summed E-state index contributed by atoms with van der Waals surface area (Å²) in [4.78, 5) is 47.3. The number of amides is 3. The topological polar surface area (TPSA) is 104 Å². The quantitative estimate of drug-likeness (QED) is 0.477. The lowest BCUT2D eigenvalue weighted by Gasteiger charge is -2.16. The van der Waals surface area contributed by atoms with Gasteiger partial charge in [0, 0.05) is 45.8 Å². The Hall–Kier alpha value is -1.92. The Morgan fingerprint density at radius 2 is 1.57 bits per heavy atom. The zero-order chi connectivity index (χ0) is 17.8. The summed E-state index contributed by atoms with van der Waals surface area (Å²) in [7, 11) is 3.00. The summed E-state index contributed by atoms with van der Waals surface area (Å²) in [6, 6.07) is 0. The average molecular weight is 327 g/mol. The second kappa shape index (κ2) is 11.6. The molecule has 0 rings (SSSR count). The monoisotopic (exact) mass is 327 g/mol. The van der Waals surface area contributed by atoms with E-state index < -0.39 is 11.8 Å². The zero-order valence-electron chi connectivity index (χ0n) is 14.5. The van der Waals surface area contributed by atoms with E-state index in [0.717, 1.165) is 12.8 Å². The Morgan fingerprint density at radius 3 is 2.09 bits per heavy atom. The third kappa shape index (κ3) is 8.95. The molecule has 0 aliphatic rings. The van der Waals surface area contributed by atoms with Crippen molar-refractivity contribution in [3.05, 3.63) is 0 Å². The number of ketones is 1. The first-order valence-electron chi connectivity index (χ1n) is 8.07. The summed E-state index contributed by atoms with van der Waals surface area (Å²) in [6.45, 7) is 4.20. The van der Waals surface area contributed by atoms with Crippen LogP contribution in [0.1, 0.15) is 46.0 Å². The number of rotatable bonds is 11. The van der Waals surface area contributed by atoms with Gasteiger partial charge in [-0.1, -0.05) is 20.3 Å². The average Bonchev–Trinajstić information content (AvgIpc) is 2.52. The normalized spacial score (nSPS) is 12.9. The third-order valence-electron chi connectivity index (χ3n) is 3.61. The van der Waals surface area contributed by atoms with Gasteiger partial charge in [0.2, 0.25) is 17.7 Å². The van der Waals surface area contributed by atoms with Gasteiger partial charge in [0.25, 0.3) is 0 Å². The molecule has 132 valence electrons. The van der Waals surface area contributed by atoms with Gasteiger partial charge in [0.1, 0.15) is 5.78 Å². The van der Waals surface area contributed by atoms with Crippen LogP contribution in [0.2, 0.25) is 0 Å². The molecule has 0 radical (unpaired) electrons. The molecule has 3 amide bonds. The van der Waals surface area contributed by atoms with E-state index in [1.165, 1.54) is 14.1 Å². The van der Waals surface area contributed by atoms with Gasteiger partial charge in [-0.3, -0.25) is 19.2 Å². The maximum atomic E-state index is 12.2. The molecule has 0 saturated heterocycles. The fourth-order valence-corrected chi connectivity index (χ4v) is 2.15. The molecule has 3 N–H and O–H groups in total. The van der Waals surface area contributed by atoms with Crippen molar-refractivity contribution in [1.82, 2.24) is 16.0 Å². The smallest absolute Gasteiger partial charge is 0.224 e. The Kier molecular flexibility index (Phi) is 10.7. The minimum atomic E-state index is -0.698. The zero-order valence-corrected chi connectivity index (χ0v) is 14.5. The Morgan fingerprint density at radius 1 is 0.913 bits per heavy atom. The van der Waals surface area contributed by atoms with Gasteiger partial charge in [-0.25, -0.2) is 0 Å². The number of hydrogen-bond acceptors (Lipinski definition) is 4. The summed E-state index contributed by atoms with van der Waals surface area (Å²) in [5, 5.41) is 7.71. The van der Waals surface area contributed by atoms with Crippen LogP contribution in [0.15, 0.2) is 0 Å². The van der Waals surface area contributed by atoms with E-state index in [2.05, 4.69) is 16.0 Å². The van der Waals surface area contributed by atoms with Gasteiger partial charge >= 0.3 is 0 Å². The summed E-state index contributed by atoms with van der Waals surface area (Å²) in [5.74, 6) is -2.13. The number of hydrogen-bond donors (Lipinski definition) is 3. The van der Waals surface area contributed by atoms with Crippen molar-refractivity contribution in [1.29, 1.82) is 0 Å². The van der Waals surface area contributed by atoms with Crippen molar-refractivity contribution < 1.29 is 19.2 Å². The van der Waals surface area contributed by atoms with Crippen LogP contribution < -0.4 is 16.0 Å². The van der Waals surface area contributed by atoms with Crippen molar-refractivity contribution in [2.45, 2.75) is 46.0 Å². The lowest BCUT2D eigenvalue weighted by molar-refractivity contribution is -0.134. The van der Waals surface area contributed by atoms with Crippen molar-refractivity contribution in [2.24, 2.45) is 11.8 Å². The maximum absolute atomic E-state index is 12.2. The van der Waals surface area contributed by atoms with Crippen molar-refractivity contribution in [3.8, 4) is 0 Å². The van der Waals surface area contributed by atoms with Gasteiger partial charge in [-0.15, -0.1) is 0 Å². The molecule has 0 aliphatic heterocycles. The first kappa shape index (κ1) is 21.1. The van der Waals surface area contributed by atoms with Crippen LogP contribution in [0.25, 0.3) is 0 Å². The highest BCUT2D eigenvalue weighted by molar-refractivity contribution is 5.92. The van der Waals surface area contributed by atoms with Crippen molar-refractivity contribution in [2.75, 3.05) is 20.6 Å². The molecule has 0 aromatic heterocycles. The minimum absolute atomic E-state index is 0.0332. The molecule has 0 fully saturated rings. The fourth-order valence-electron chi connectivity index (χ4n) is 2.15. The van der Waals surface area contributed by atoms with E-state index in [0.29, 0.717) is 6.54 Å². The van der Waals surface area contributed by atoms with Crippen LogP contribution in [-0.2, 0) is 19.2 Å². The first-order chi connectivity index (χ1) is 10.8. The number of unbranched alkanes of at least 4 members (excludes halogenated alkanes) is 1. The molecule has 7 heteroatoms.